The highest BCUT2D eigenvalue weighted by molar-refractivity contribution is 5.86. The lowest BCUT2D eigenvalue weighted by atomic mass is 9.98. The lowest BCUT2D eigenvalue weighted by Crippen LogP contribution is -2.07. The minimum Gasteiger partial charge on any atom is -0.507 e. The molecule has 0 amide bonds. The molecule has 1 saturated carbocycles. The van der Waals surface area contributed by atoms with Gasteiger partial charge in [-0.25, -0.2) is 0 Å². The Kier molecular flexibility index (Phi) is 14.0. The van der Waals surface area contributed by atoms with Crippen molar-refractivity contribution in [3.63, 3.8) is 0 Å². The fraction of sp³-hybridized carbons (Fsp3) is 0.441. The van der Waals surface area contributed by atoms with Gasteiger partial charge < -0.3 is 9.84 Å². The molecule has 0 spiro atoms. The Bertz CT molecular complexity index is 960. The second kappa shape index (κ2) is 17.8. The Morgan fingerprint density at radius 1 is 0.789 bits per heavy atom. The summed E-state index contributed by atoms with van der Waals surface area (Å²) in [5.41, 5.74) is 2.51. The standard InChI is InChI=1S/C34H44NO3/c1-2-3-4-5-6-7-8-9-10-11-12-13-14-19-34(37)38-32-25-22-30(33(36)26-32)27-35-31-23-20-29(21-24-31)28-17-15-16-18-28/h15-18,20-27,36H,2-14,19H2,1H3. The third kappa shape index (κ3) is 11.4. The molecule has 0 unspecified atom stereocenters. The SMILES string of the molecule is CCCCCCCCCCCCCCCC(=O)Oc1ccc(C=Nc2ccc([C]3[CH][CH][CH][CH]3)cc2)c(O)c1. The molecule has 0 bridgehead atoms. The number of hydrogen-bond acceptors (Lipinski definition) is 4. The van der Waals surface area contributed by atoms with Crippen LogP contribution < -0.4 is 4.74 Å². The quantitative estimate of drug-likeness (QED) is 0.0933. The van der Waals surface area contributed by atoms with Crippen LogP contribution in [0.2, 0.25) is 0 Å². The number of esters is 1. The van der Waals surface area contributed by atoms with Crippen molar-refractivity contribution in [1.29, 1.82) is 0 Å². The number of ether oxygens (including phenoxy) is 1. The number of carbonyl (C=O) groups excluding carboxylic acids is 1. The van der Waals surface area contributed by atoms with Gasteiger partial charge in [-0.05, 0) is 61.9 Å². The molecule has 1 aliphatic rings. The van der Waals surface area contributed by atoms with Gasteiger partial charge in [0, 0.05) is 30.2 Å². The van der Waals surface area contributed by atoms with Crippen molar-refractivity contribution in [2.45, 2.75) is 96.8 Å². The molecule has 38 heavy (non-hydrogen) atoms. The van der Waals surface area contributed by atoms with Crippen LogP contribution in [0, 0.1) is 31.6 Å². The van der Waals surface area contributed by atoms with Crippen molar-refractivity contribution in [1.82, 2.24) is 0 Å². The minimum absolute atomic E-state index is 0.0356. The maximum absolute atomic E-state index is 12.2. The molecule has 0 heterocycles. The van der Waals surface area contributed by atoms with E-state index in [9.17, 15) is 9.90 Å². The highest BCUT2D eigenvalue weighted by Crippen LogP contribution is 2.31. The maximum Gasteiger partial charge on any atom is 0.311 e. The Morgan fingerprint density at radius 2 is 1.37 bits per heavy atom. The topological polar surface area (TPSA) is 58.9 Å². The van der Waals surface area contributed by atoms with Gasteiger partial charge in [-0.15, -0.1) is 0 Å². The van der Waals surface area contributed by atoms with Gasteiger partial charge in [0.2, 0.25) is 0 Å². The number of hydrogen-bond donors (Lipinski definition) is 1. The normalized spacial score (nSPS) is 13.9. The van der Waals surface area contributed by atoms with Crippen LogP contribution in [0.1, 0.15) is 108 Å². The van der Waals surface area contributed by atoms with Gasteiger partial charge in [0.05, 0.1) is 5.69 Å². The van der Waals surface area contributed by atoms with E-state index in [1.54, 1.807) is 18.3 Å². The van der Waals surface area contributed by atoms with E-state index < -0.39 is 0 Å². The monoisotopic (exact) mass is 514 g/mol. The molecule has 0 saturated heterocycles. The number of benzene rings is 2. The van der Waals surface area contributed by atoms with Crippen LogP contribution in [-0.4, -0.2) is 17.3 Å². The summed E-state index contributed by atoms with van der Waals surface area (Å²) in [4.78, 5) is 16.7. The summed E-state index contributed by atoms with van der Waals surface area (Å²) in [5.74, 6) is 1.32. The smallest absolute Gasteiger partial charge is 0.311 e. The van der Waals surface area contributed by atoms with Crippen LogP contribution in [0.25, 0.3) is 0 Å². The summed E-state index contributed by atoms with van der Waals surface area (Å²) < 4.78 is 5.43. The zero-order valence-electron chi connectivity index (χ0n) is 23.0. The van der Waals surface area contributed by atoms with Crippen molar-refractivity contribution in [2.75, 3.05) is 0 Å². The Morgan fingerprint density at radius 3 is 1.95 bits per heavy atom. The van der Waals surface area contributed by atoms with E-state index >= 15 is 0 Å². The number of rotatable bonds is 18. The van der Waals surface area contributed by atoms with Crippen molar-refractivity contribution < 1.29 is 14.6 Å². The molecule has 4 nitrogen and oxygen atoms in total. The molecular formula is C34H44NO3. The van der Waals surface area contributed by atoms with Crippen LogP contribution in [0.5, 0.6) is 11.5 Å². The molecule has 0 aromatic heterocycles. The lowest BCUT2D eigenvalue weighted by molar-refractivity contribution is -0.134. The molecule has 1 fully saturated rings. The number of carbonyl (C=O) groups is 1. The molecule has 0 atom stereocenters. The maximum atomic E-state index is 12.2. The molecule has 4 heteroatoms. The van der Waals surface area contributed by atoms with Gasteiger partial charge in [-0.3, -0.25) is 9.79 Å². The Labute approximate surface area is 230 Å². The number of phenols is 1. The van der Waals surface area contributed by atoms with E-state index in [-0.39, 0.29) is 11.7 Å². The summed E-state index contributed by atoms with van der Waals surface area (Å²) in [6, 6.07) is 12.8. The van der Waals surface area contributed by atoms with E-state index in [1.165, 1.54) is 82.6 Å². The Balaban J connectivity index is 1.27. The number of phenolic OH excluding ortho intramolecular Hbond substituents is 1. The van der Waals surface area contributed by atoms with Gasteiger partial charge >= 0.3 is 5.97 Å². The van der Waals surface area contributed by atoms with Crippen molar-refractivity contribution >= 4 is 17.9 Å². The van der Waals surface area contributed by atoms with Gasteiger partial charge in [-0.1, -0.05) is 96.1 Å². The van der Waals surface area contributed by atoms with Gasteiger partial charge in [0.1, 0.15) is 11.5 Å². The van der Waals surface area contributed by atoms with E-state index in [2.05, 4.69) is 24.8 Å². The molecule has 1 N–H and O–H groups in total. The summed E-state index contributed by atoms with van der Waals surface area (Å²) in [6.07, 6.45) is 26.8. The first-order chi connectivity index (χ1) is 18.7. The highest BCUT2D eigenvalue weighted by Gasteiger charge is 2.18. The zero-order valence-corrected chi connectivity index (χ0v) is 23.0. The van der Waals surface area contributed by atoms with E-state index in [0.29, 0.717) is 17.7 Å². The molecule has 2 aromatic rings. The van der Waals surface area contributed by atoms with Crippen molar-refractivity contribution in [3.8, 4) is 11.5 Å². The van der Waals surface area contributed by atoms with Crippen molar-refractivity contribution in [3.05, 3.63) is 85.2 Å². The van der Waals surface area contributed by atoms with Crippen LogP contribution >= 0.6 is 0 Å². The van der Waals surface area contributed by atoms with E-state index in [4.69, 9.17) is 4.74 Å². The van der Waals surface area contributed by atoms with Crippen LogP contribution in [0.3, 0.4) is 0 Å². The molecule has 203 valence electrons. The average Bonchev–Trinajstić information content (AvgIpc) is 3.46. The third-order valence-electron chi connectivity index (χ3n) is 6.93. The van der Waals surface area contributed by atoms with Gasteiger partial charge in [-0.2, -0.15) is 0 Å². The Hall–Kier alpha value is -2.62. The second-order valence-electron chi connectivity index (χ2n) is 10.2. The molecule has 2 aromatic carbocycles. The van der Waals surface area contributed by atoms with E-state index in [0.717, 1.165) is 24.1 Å². The number of aliphatic imine (C=N–C) groups is 1. The van der Waals surface area contributed by atoms with Crippen molar-refractivity contribution in [2.24, 2.45) is 4.99 Å². The fourth-order valence-corrected chi connectivity index (χ4v) is 4.62. The largest absolute Gasteiger partial charge is 0.507 e. The number of nitrogens with zero attached hydrogens (tertiary/aromatic N) is 1. The third-order valence-corrected chi connectivity index (χ3v) is 6.93. The minimum atomic E-state index is -0.251. The molecule has 1 aliphatic carbocycles. The zero-order chi connectivity index (χ0) is 26.8. The van der Waals surface area contributed by atoms with Gasteiger partial charge in [0.15, 0.2) is 0 Å². The fourth-order valence-electron chi connectivity index (χ4n) is 4.62. The van der Waals surface area contributed by atoms with Crippen LogP contribution in [0.4, 0.5) is 5.69 Å². The summed E-state index contributed by atoms with van der Waals surface area (Å²) in [5, 5.41) is 10.4. The summed E-state index contributed by atoms with van der Waals surface area (Å²) in [6.45, 7) is 2.26. The number of unbranched alkanes of at least 4 members (excludes halogenated alkanes) is 12. The molecule has 5 radical (unpaired) electrons. The first-order valence-corrected chi connectivity index (χ1v) is 14.6. The molecular weight excluding hydrogens is 470 g/mol. The number of aromatic hydroxyl groups is 1. The highest BCUT2D eigenvalue weighted by atomic mass is 16.5. The molecule has 3 rings (SSSR count). The predicted octanol–water partition coefficient (Wildman–Crippen LogP) is 9.28. The average molecular weight is 515 g/mol. The van der Waals surface area contributed by atoms with Crippen LogP contribution in [-0.2, 0) is 4.79 Å². The van der Waals surface area contributed by atoms with Gasteiger partial charge in [0.25, 0.3) is 0 Å². The molecule has 0 aliphatic heterocycles. The first-order valence-electron chi connectivity index (χ1n) is 14.6. The lowest BCUT2D eigenvalue weighted by Gasteiger charge is -2.08. The summed E-state index contributed by atoms with van der Waals surface area (Å²) >= 11 is 0. The van der Waals surface area contributed by atoms with E-state index in [1.807, 2.05) is 37.1 Å². The second-order valence-corrected chi connectivity index (χ2v) is 10.2. The summed E-state index contributed by atoms with van der Waals surface area (Å²) in [7, 11) is 0. The van der Waals surface area contributed by atoms with Crippen LogP contribution in [0.15, 0.2) is 47.5 Å². The predicted molar refractivity (Wildman–Crippen MR) is 157 cm³/mol. The first kappa shape index (κ1) is 29.9.